The van der Waals surface area contributed by atoms with Gasteiger partial charge in [-0.05, 0) is 48.8 Å². The van der Waals surface area contributed by atoms with Crippen molar-refractivity contribution in [3.63, 3.8) is 0 Å². The number of aromatic nitrogens is 2. The van der Waals surface area contributed by atoms with E-state index in [2.05, 4.69) is 13.9 Å². The predicted molar refractivity (Wildman–Crippen MR) is 116 cm³/mol. The molecule has 2 heterocycles. The zero-order chi connectivity index (χ0) is 18.7. The van der Waals surface area contributed by atoms with Crippen LogP contribution in [-0.2, 0) is 7.05 Å². The van der Waals surface area contributed by atoms with Crippen LogP contribution in [0.2, 0.25) is 5.02 Å². The molecular formula is C20H29ClFN3S2. The van der Waals surface area contributed by atoms with E-state index in [4.69, 9.17) is 11.6 Å². The van der Waals surface area contributed by atoms with Crippen molar-refractivity contribution in [1.82, 2.24) is 13.9 Å². The highest BCUT2D eigenvalue weighted by atomic mass is 35.5. The second kappa shape index (κ2) is 10.2. The average Bonchev–Trinajstić information content (AvgIpc) is 3.30. The Morgan fingerprint density at radius 1 is 1.19 bits per heavy atom. The van der Waals surface area contributed by atoms with Crippen molar-refractivity contribution < 1.29 is 4.39 Å². The lowest BCUT2D eigenvalue weighted by molar-refractivity contribution is 0.494. The Balaban J connectivity index is 0.000000844. The summed E-state index contributed by atoms with van der Waals surface area (Å²) in [6.07, 6.45) is 6.29. The van der Waals surface area contributed by atoms with Crippen LogP contribution in [0, 0.1) is 17.7 Å². The van der Waals surface area contributed by atoms with E-state index in [1.54, 1.807) is 12.1 Å². The molecule has 1 saturated heterocycles. The van der Waals surface area contributed by atoms with Gasteiger partial charge >= 0.3 is 0 Å². The van der Waals surface area contributed by atoms with Gasteiger partial charge in [-0.2, -0.15) is 0 Å². The van der Waals surface area contributed by atoms with Gasteiger partial charge in [0.15, 0.2) is 11.0 Å². The molecule has 2 fully saturated rings. The summed E-state index contributed by atoms with van der Waals surface area (Å²) in [5.74, 6) is 1.11. The van der Waals surface area contributed by atoms with Gasteiger partial charge in [0.1, 0.15) is 0 Å². The number of hydrogen-bond acceptors (Lipinski definition) is 4. The van der Waals surface area contributed by atoms with Crippen LogP contribution in [0.4, 0.5) is 4.39 Å². The minimum Gasteiger partial charge on any atom is -0.329 e. The molecule has 0 bridgehead atoms. The summed E-state index contributed by atoms with van der Waals surface area (Å²) in [6, 6.07) is 5.21. The number of fused-ring (bicyclic) bond motifs is 1. The third-order valence-electron chi connectivity index (χ3n) is 4.87. The number of aryl methyl sites for hydroxylation is 1. The molecule has 150 valence electrons. The quantitative estimate of drug-likeness (QED) is 0.525. The maximum Gasteiger partial charge on any atom is 0.167 e. The molecule has 3 atom stereocenters. The van der Waals surface area contributed by atoms with Gasteiger partial charge in [0, 0.05) is 37.8 Å². The van der Waals surface area contributed by atoms with Crippen LogP contribution in [0.5, 0.6) is 0 Å². The molecule has 0 amide bonds. The molecule has 2 unspecified atom stereocenters. The zero-order valence-corrected chi connectivity index (χ0v) is 17.8. The molecular weight excluding hydrogens is 401 g/mol. The van der Waals surface area contributed by atoms with Crippen molar-refractivity contribution in [3.05, 3.63) is 41.4 Å². The molecule has 0 radical (unpaired) electrons. The highest BCUT2D eigenvalue weighted by molar-refractivity contribution is 7.99. The Morgan fingerprint density at radius 2 is 1.85 bits per heavy atom. The third-order valence-corrected chi connectivity index (χ3v) is 7.55. The molecule has 1 aliphatic carbocycles. The van der Waals surface area contributed by atoms with Crippen molar-refractivity contribution in [2.75, 3.05) is 13.1 Å². The number of nitrogens with zero attached hydrogens (tertiary/aromatic N) is 3. The second-order valence-electron chi connectivity index (χ2n) is 6.54. The summed E-state index contributed by atoms with van der Waals surface area (Å²) in [5, 5.41) is 1.95. The maximum atomic E-state index is 14.1. The van der Waals surface area contributed by atoms with E-state index in [0.717, 1.165) is 18.2 Å². The molecule has 0 spiro atoms. The first kappa shape index (κ1) is 22.6. The topological polar surface area (TPSA) is 21.1 Å². The van der Waals surface area contributed by atoms with Crippen LogP contribution in [0.1, 0.15) is 34.1 Å². The van der Waals surface area contributed by atoms with Crippen LogP contribution in [0.15, 0.2) is 40.6 Å². The van der Waals surface area contributed by atoms with E-state index < -0.39 is 0 Å². The predicted octanol–water partition coefficient (Wildman–Crippen LogP) is 6.38. The van der Waals surface area contributed by atoms with Gasteiger partial charge in [0.2, 0.25) is 0 Å². The van der Waals surface area contributed by atoms with Gasteiger partial charge in [-0.15, -0.1) is 0 Å². The molecule has 1 saturated carbocycles. The fourth-order valence-electron chi connectivity index (χ4n) is 3.68. The fraction of sp³-hybridized carbons (Fsp3) is 0.550. The van der Waals surface area contributed by atoms with Crippen molar-refractivity contribution >= 4 is 35.3 Å². The summed E-state index contributed by atoms with van der Waals surface area (Å²) >= 11 is 9.29. The number of rotatable bonds is 4. The highest BCUT2D eigenvalue weighted by Crippen LogP contribution is 2.47. The Morgan fingerprint density at radius 3 is 2.44 bits per heavy atom. The van der Waals surface area contributed by atoms with E-state index in [-0.39, 0.29) is 18.3 Å². The van der Waals surface area contributed by atoms with Crippen LogP contribution in [-0.4, -0.2) is 32.2 Å². The molecule has 7 heteroatoms. The molecule has 3 nitrogen and oxygen atoms in total. The molecule has 1 aromatic carbocycles. The maximum absolute atomic E-state index is 14.1. The standard InChI is InChI=1S/C17H19ClFN3S2.C2H6.CH4/c1-21-6-5-20-17(21)23-13-7-11-9-22(10-12(11)8-13)24-15-4-2-3-14(18)16(15)19;1-2;/h2-6,11-13H,7-10H2,1H3;1-2H3;1H4/t11-,12?,13?;;/m1../s1. The van der Waals surface area contributed by atoms with E-state index in [0.29, 0.717) is 22.0 Å². The first-order valence-corrected chi connectivity index (χ1v) is 11.1. The first-order chi connectivity index (χ1) is 12.6. The SMILES string of the molecule is C.CC.Cn1ccnc1SC1CC2CN(Sc3cccc(Cl)c3F)C[C@H]2C1. The molecule has 0 N–H and O–H groups in total. The Bertz CT molecular complexity index is 726. The smallest absolute Gasteiger partial charge is 0.167 e. The number of halogens is 2. The van der Waals surface area contributed by atoms with E-state index >= 15 is 0 Å². The molecule has 1 aromatic heterocycles. The summed E-state index contributed by atoms with van der Waals surface area (Å²) in [5.41, 5.74) is 0. The number of hydrogen-bond donors (Lipinski definition) is 0. The van der Waals surface area contributed by atoms with Gasteiger partial charge < -0.3 is 4.57 Å². The van der Waals surface area contributed by atoms with Gasteiger partial charge in [-0.25, -0.2) is 13.7 Å². The molecule has 2 aromatic rings. The minimum absolute atomic E-state index is 0. The molecule has 27 heavy (non-hydrogen) atoms. The van der Waals surface area contributed by atoms with E-state index in [9.17, 15) is 4.39 Å². The van der Waals surface area contributed by atoms with Crippen LogP contribution in [0.25, 0.3) is 0 Å². The van der Waals surface area contributed by atoms with Crippen molar-refractivity contribution in [3.8, 4) is 0 Å². The summed E-state index contributed by atoms with van der Waals surface area (Å²) < 4.78 is 18.4. The monoisotopic (exact) mass is 429 g/mol. The Kier molecular flexibility index (Phi) is 8.53. The van der Waals surface area contributed by atoms with Gasteiger partial charge in [0.25, 0.3) is 0 Å². The molecule has 4 rings (SSSR count). The Labute approximate surface area is 176 Å². The normalized spacial score (nSPS) is 24.1. The minimum atomic E-state index is -0.301. The van der Waals surface area contributed by atoms with Crippen molar-refractivity contribution in [2.24, 2.45) is 18.9 Å². The lowest BCUT2D eigenvalue weighted by atomic mass is 10.0. The fourth-order valence-corrected chi connectivity index (χ4v) is 6.38. The van der Waals surface area contributed by atoms with E-state index in [1.165, 1.54) is 24.8 Å². The number of imidazole rings is 1. The lowest BCUT2D eigenvalue weighted by Crippen LogP contribution is -2.15. The first-order valence-electron chi connectivity index (χ1n) is 9.11. The zero-order valence-electron chi connectivity index (χ0n) is 15.4. The third kappa shape index (κ3) is 5.22. The lowest BCUT2D eigenvalue weighted by Gasteiger charge is -2.18. The van der Waals surface area contributed by atoms with Crippen LogP contribution in [0.3, 0.4) is 0 Å². The summed E-state index contributed by atoms with van der Waals surface area (Å²) in [4.78, 5) is 5.05. The van der Waals surface area contributed by atoms with Crippen molar-refractivity contribution in [1.29, 1.82) is 0 Å². The summed E-state index contributed by atoms with van der Waals surface area (Å²) in [6.45, 7) is 6.05. The van der Waals surface area contributed by atoms with Crippen LogP contribution < -0.4 is 0 Å². The second-order valence-corrected chi connectivity index (χ2v) is 9.36. The molecule has 1 aliphatic heterocycles. The van der Waals surface area contributed by atoms with Gasteiger partial charge in [-0.1, -0.05) is 50.7 Å². The average molecular weight is 430 g/mol. The Hall–Kier alpha value is -0.690. The van der Waals surface area contributed by atoms with Gasteiger partial charge in [-0.3, -0.25) is 0 Å². The molecule has 2 aliphatic rings. The number of benzene rings is 1. The van der Waals surface area contributed by atoms with Crippen molar-refractivity contribution in [2.45, 2.75) is 49.4 Å². The number of thioether (sulfide) groups is 1. The van der Waals surface area contributed by atoms with Gasteiger partial charge in [0.05, 0.1) is 9.92 Å². The van der Waals surface area contributed by atoms with E-state index in [1.807, 2.05) is 51.1 Å². The largest absolute Gasteiger partial charge is 0.329 e. The highest BCUT2D eigenvalue weighted by Gasteiger charge is 2.42. The summed E-state index contributed by atoms with van der Waals surface area (Å²) in [7, 11) is 2.04. The van der Waals surface area contributed by atoms with Crippen LogP contribution >= 0.6 is 35.3 Å².